The maximum absolute atomic E-state index is 10.8. The Kier molecular flexibility index (Phi) is 1.24. The summed E-state index contributed by atoms with van der Waals surface area (Å²) in [6, 6.07) is 0.459. The molecular formula is C7H8ClNO. The molecule has 2 aliphatic heterocycles. The van der Waals surface area contributed by atoms with Gasteiger partial charge in [0.25, 0.3) is 0 Å². The van der Waals surface area contributed by atoms with E-state index < -0.39 is 0 Å². The van der Waals surface area contributed by atoms with Crippen molar-refractivity contribution in [1.82, 2.24) is 4.90 Å². The van der Waals surface area contributed by atoms with E-state index in [-0.39, 0.29) is 5.91 Å². The van der Waals surface area contributed by atoms with Crippen LogP contribution in [0.3, 0.4) is 0 Å². The third kappa shape index (κ3) is 0.686. The van der Waals surface area contributed by atoms with Crippen molar-refractivity contribution >= 4 is 17.5 Å². The maximum Gasteiger partial charge on any atom is 0.228 e. The molecule has 0 aliphatic carbocycles. The second-order valence-corrected chi connectivity index (χ2v) is 3.05. The summed E-state index contributed by atoms with van der Waals surface area (Å²) < 4.78 is 0. The second-order valence-electron chi connectivity index (χ2n) is 2.78. The first-order valence-corrected chi connectivity index (χ1v) is 3.91. The minimum atomic E-state index is 0.241. The summed E-state index contributed by atoms with van der Waals surface area (Å²) in [5.41, 5.74) is 1.19. The molecular weight excluding hydrogens is 150 g/mol. The van der Waals surface area contributed by atoms with E-state index in [2.05, 4.69) is 0 Å². The first-order valence-electron chi connectivity index (χ1n) is 3.38. The van der Waals surface area contributed by atoms with Gasteiger partial charge in [-0.15, -0.1) is 11.6 Å². The van der Waals surface area contributed by atoms with Crippen LogP contribution in [0.2, 0.25) is 0 Å². The van der Waals surface area contributed by atoms with Crippen LogP contribution in [0.1, 0.15) is 12.8 Å². The Morgan fingerprint density at radius 2 is 2.50 bits per heavy atom. The Hall–Kier alpha value is -0.500. The molecule has 0 bridgehead atoms. The summed E-state index contributed by atoms with van der Waals surface area (Å²) in [4.78, 5) is 12.6. The van der Waals surface area contributed by atoms with E-state index in [1.54, 1.807) is 4.90 Å². The van der Waals surface area contributed by atoms with Crippen LogP contribution >= 0.6 is 11.6 Å². The number of alkyl halides is 1. The molecule has 54 valence electrons. The van der Waals surface area contributed by atoms with E-state index in [1.807, 2.05) is 6.20 Å². The maximum atomic E-state index is 10.8. The van der Waals surface area contributed by atoms with Gasteiger partial charge in [-0.25, -0.2) is 0 Å². The number of hydrogen-bond donors (Lipinski definition) is 0. The van der Waals surface area contributed by atoms with Crippen LogP contribution in [0.4, 0.5) is 0 Å². The van der Waals surface area contributed by atoms with Crippen molar-refractivity contribution in [3.8, 4) is 0 Å². The predicted molar refractivity (Wildman–Crippen MR) is 38.7 cm³/mol. The number of carbonyl (C=O) groups excluding carboxylic acids is 1. The number of β-lactam (4-membered cyclic amide) rings is 1. The van der Waals surface area contributed by atoms with E-state index in [1.165, 1.54) is 5.57 Å². The third-order valence-electron chi connectivity index (χ3n) is 2.08. The zero-order valence-electron chi connectivity index (χ0n) is 5.51. The zero-order valence-corrected chi connectivity index (χ0v) is 6.27. The van der Waals surface area contributed by atoms with Gasteiger partial charge in [-0.2, -0.15) is 0 Å². The Morgan fingerprint density at radius 1 is 1.70 bits per heavy atom. The standard InChI is InChI=1S/C7H8ClNO/c8-3-5-1-6-2-7(10)9(6)4-5/h4,6H,1-3H2/t6-/m1/s1. The van der Waals surface area contributed by atoms with Crippen molar-refractivity contribution in [2.45, 2.75) is 18.9 Å². The number of rotatable bonds is 1. The molecule has 1 amide bonds. The van der Waals surface area contributed by atoms with Crippen LogP contribution in [0.25, 0.3) is 0 Å². The molecule has 10 heavy (non-hydrogen) atoms. The van der Waals surface area contributed by atoms with Crippen molar-refractivity contribution < 1.29 is 4.79 Å². The van der Waals surface area contributed by atoms with Gasteiger partial charge in [0.1, 0.15) is 0 Å². The van der Waals surface area contributed by atoms with E-state index >= 15 is 0 Å². The monoisotopic (exact) mass is 157 g/mol. The number of fused-ring (bicyclic) bond motifs is 1. The lowest BCUT2D eigenvalue weighted by Crippen LogP contribution is -2.45. The summed E-state index contributed by atoms with van der Waals surface area (Å²) in [5, 5.41) is 0. The molecule has 3 heteroatoms. The normalized spacial score (nSPS) is 29.7. The van der Waals surface area contributed by atoms with Crippen LogP contribution in [0.15, 0.2) is 11.8 Å². The molecule has 0 unspecified atom stereocenters. The van der Waals surface area contributed by atoms with Crippen LogP contribution in [-0.2, 0) is 4.79 Å². The molecule has 2 rings (SSSR count). The summed E-state index contributed by atoms with van der Waals surface area (Å²) in [7, 11) is 0. The largest absolute Gasteiger partial charge is 0.315 e. The highest BCUT2D eigenvalue weighted by Crippen LogP contribution is 2.32. The van der Waals surface area contributed by atoms with E-state index in [9.17, 15) is 4.79 Å². The SMILES string of the molecule is O=C1C[C@H]2CC(CCl)=CN12. The lowest BCUT2D eigenvalue weighted by atomic mass is 10.0. The number of nitrogens with zero attached hydrogens (tertiary/aromatic N) is 1. The highest BCUT2D eigenvalue weighted by atomic mass is 35.5. The van der Waals surface area contributed by atoms with Crippen molar-refractivity contribution in [3.05, 3.63) is 11.8 Å². The molecule has 1 atom stereocenters. The number of carbonyl (C=O) groups is 1. The van der Waals surface area contributed by atoms with Crippen molar-refractivity contribution in [3.63, 3.8) is 0 Å². The molecule has 0 N–H and O–H groups in total. The molecule has 2 nitrogen and oxygen atoms in total. The highest BCUT2D eigenvalue weighted by molar-refractivity contribution is 6.19. The Bertz CT molecular complexity index is 212. The van der Waals surface area contributed by atoms with Gasteiger partial charge in [0.15, 0.2) is 0 Å². The van der Waals surface area contributed by atoms with Gasteiger partial charge in [-0.05, 0) is 12.0 Å². The van der Waals surface area contributed by atoms with Gasteiger partial charge in [-0.1, -0.05) is 0 Å². The van der Waals surface area contributed by atoms with Crippen LogP contribution in [0, 0.1) is 0 Å². The zero-order chi connectivity index (χ0) is 7.14. The molecule has 0 saturated carbocycles. The molecule has 1 saturated heterocycles. The number of hydrogen-bond acceptors (Lipinski definition) is 1. The summed E-state index contributed by atoms with van der Waals surface area (Å²) in [6.45, 7) is 0. The molecule has 2 aliphatic rings. The van der Waals surface area contributed by atoms with Crippen LogP contribution < -0.4 is 0 Å². The smallest absolute Gasteiger partial charge is 0.228 e. The first kappa shape index (κ1) is 6.23. The molecule has 0 aromatic carbocycles. The topological polar surface area (TPSA) is 20.3 Å². The van der Waals surface area contributed by atoms with Crippen molar-refractivity contribution in [2.75, 3.05) is 5.88 Å². The minimum absolute atomic E-state index is 0.241. The summed E-state index contributed by atoms with van der Waals surface area (Å²) in [5.74, 6) is 0.811. The fourth-order valence-corrected chi connectivity index (χ4v) is 1.66. The van der Waals surface area contributed by atoms with Gasteiger partial charge < -0.3 is 4.90 Å². The van der Waals surface area contributed by atoms with Gasteiger partial charge in [-0.3, -0.25) is 4.79 Å². The van der Waals surface area contributed by atoms with E-state index in [0.29, 0.717) is 11.9 Å². The average Bonchev–Trinajstić information content (AvgIpc) is 2.26. The molecule has 0 aromatic heterocycles. The van der Waals surface area contributed by atoms with Gasteiger partial charge in [0.2, 0.25) is 5.91 Å². The highest BCUT2D eigenvalue weighted by Gasteiger charge is 2.38. The third-order valence-corrected chi connectivity index (χ3v) is 2.43. The van der Waals surface area contributed by atoms with Gasteiger partial charge in [0, 0.05) is 24.5 Å². The van der Waals surface area contributed by atoms with Gasteiger partial charge in [0.05, 0.1) is 0 Å². The fourth-order valence-electron chi connectivity index (χ4n) is 1.49. The minimum Gasteiger partial charge on any atom is -0.315 e. The Morgan fingerprint density at radius 3 is 3.00 bits per heavy atom. The molecule has 1 fully saturated rings. The quantitative estimate of drug-likeness (QED) is 0.413. The Labute approximate surface area is 64.5 Å². The average molecular weight is 158 g/mol. The molecule has 2 heterocycles. The van der Waals surface area contributed by atoms with E-state index in [0.717, 1.165) is 12.8 Å². The number of amides is 1. The van der Waals surface area contributed by atoms with Crippen LogP contribution in [0.5, 0.6) is 0 Å². The van der Waals surface area contributed by atoms with Crippen molar-refractivity contribution in [1.29, 1.82) is 0 Å². The van der Waals surface area contributed by atoms with Gasteiger partial charge >= 0.3 is 0 Å². The predicted octanol–water partition coefficient (Wildman–Crippen LogP) is 1.11. The number of halogens is 1. The summed E-state index contributed by atoms with van der Waals surface area (Å²) in [6.07, 6.45) is 3.61. The molecule has 0 spiro atoms. The fraction of sp³-hybridized carbons (Fsp3) is 0.571. The lowest BCUT2D eigenvalue weighted by molar-refractivity contribution is -0.140. The Balaban J connectivity index is 2.12. The molecule has 0 radical (unpaired) electrons. The molecule has 0 aromatic rings. The lowest BCUT2D eigenvalue weighted by Gasteiger charge is -2.32. The van der Waals surface area contributed by atoms with E-state index in [4.69, 9.17) is 11.6 Å². The van der Waals surface area contributed by atoms with Crippen LogP contribution in [-0.4, -0.2) is 22.7 Å². The second kappa shape index (κ2) is 1.99. The van der Waals surface area contributed by atoms with Crippen molar-refractivity contribution in [2.24, 2.45) is 0 Å². The summed E-state index contributed by atoms with van der Waals surface area (Å²) >= 11 is 5.61. The first-order chi connectivity index (χ1) is 4.81.